The summed E-state index contributed by atoms with van der Waals surface area (Å²) in [6.45, 7) is 0.350. The lowest BCUT2D eigenvalue weighted by atomic mass is 10.3. The Hall–Kier alpha value is -2.21. The Kier molecular flexibility index (Phi) is 4.20. The Balaban J connectivity index is 1.60. The molecule has 1 aromatic heterocycles. The van der Waals surface area contributed by atoms with Crippen molar-refractivity contribution in [2.24, 2.45) is 10.7 Å². The van der Waals surface area contributed by atoms with Crippen LogP contribution in [0.3, 0.4) is 0 Å². The standard InChI is InChI=1S/C15H17ClN4O2/c1-21-13-5-4-10(6-12(13)16)20-15(17)19-8-11-7-18-14(22-11)9-2-3-9/h4-7,9H,2-3,8H2,1H3,(H3,17,19,20). The summed E-state index contributed by atoms with van der Waals surface area (Å²) in [5.41, 5.74) is 6.59. The van der Waals surface area contributed by atoms with Gasteiger partial charge in [0.2, 0.25) is 0 Å². The summed E-state index contributed by atoms with van der Waals surface area (Å²) in [5.74, 6) is 2.90. The van der Waals surface area contributed by atoms with E-state index in [2.05, 4.69) is 15.3 Å². The normalized spacial score (nSPS) is 14.9. The Bertz CT molecular complexity index is 695. The zero-order valence-corrected chi connectivity index (χ0v) is 12.9. The van der Waals surface area contributed by atoms with Crippen LogP contribution < -0.4 is 15.8 Å². The summed E-state index contributed by atoms with van der Waals surface area (Å²) in [5, 5.41) is 3.48. The van der Waals surface area contributed by atoms with Crippen molar-refractivity contribution in [2.45, 2.75) is 25.3 Å². The van der Waals surface area contributed by atoms with Gasteiger partial charge in [-0.2, -0.15) is 0 Å². The molecule has 0 bridgehead atoms. The minimum absolute atomic E-state index is 0.283. The number of hydrogen-bond acceptors (Lipinski definition) is 4. The van der Waals surface area contributed by atoms with Crippen LogP contribution in [-0.4, -0.2) is 18.1 Å². The SMILES string of the molecule is COc1ccc(NC(N)=NCc2cnc(C3CC3)o2)cc1Cl. The van der Waals surface area contributed by atoms with Gasteiger partial charge in [0.25, 0.3) is 0 Å². The number of halogens is 1. The van der Waals surface area contributed by atoms with Crippen molar-refractivity contribution in [3.63, 3.8) is 0 Å². The van der Waals surface area contributed by atoms with Crippen LogP contribution in [0.15, 0.2) is 33.8 Å². The molecule has 2 aromatic rings. The number of aromatic nitrogens is 1. The molecule has 0 spiro atoms. The van der Waals surface area contributed by atoms with Gasteiger partial charge in [0.15, 0.2) is 11.9 Å². The van der Waals surface area contributed by atoms with E-state index in [1.54, 1.807) is 25.4 Å². The van der Waals surface area contributed by atoms with Crippen LogP contribution >= 0.6 is 11.6 Å². The number of nitrogens with one attached hydrogen (secondary N) is 1. The minimum atomic E-state index is 0.283. The summed E-state index contributed by atoms with van der Waals surface area (Å²) in [7, 11) is 1.57. The number of guanidine groups is 1. The third kappa shape index (κ3) is 3.51. The van der Waals surface area contributed by atoms with E-state index in [-0.39, 0.29) is 5.96 Å². The van der Waals surface area contributed by atoms with Crippen LogP contribution in [-0.2, 0) is 6.54 Å². The average molecular weight is 321 g/mol. The van der Waals surface area contributed by atoms with Gasteiger partial charge < -0.3 is 20.2 Å². The van der Waals surface area contributed by atoms with Crippen molar-refractivity contribution in [3.05, 3.63) is 41.1 Å². The van der Waals surface area contributed by atoms with Gasteiger partial charge in [0, 0.05) is 11.6 Å². The Morgan fingerprint density at radius 2 is 2.36 bits per heavy atom. The molecule has 0 atom stereocenters. The molecule has 1 heterocycles. The highest BCUT2D eigenvalue weighted by atomic mass is 35.5. The van der Waals surface area contributed by atoms with Gasteiger partial charge in [-0.05, 0) is 31.0 Å². The molecule has 22 heavy (non-hydrogen) atoms. The fourth-order valence-corrected chi connectivity index (χ4v) is 2.27. The molecule has 7 heteroatoms. The van der Waals surface area contributed by atoms with E-state index in [1.165, 1.54) is 0 Å². The lowest BCUT2D eigenvalue weighted by Gasteiger charge is -2.08. The van der Waals surface area contributed by atoms with Gasteiger partial charge in [0.1, 0.15) is 18.1 Å². The third-order valence-corrected chi connectivity index (χ3v) is 3.62. The van der Waals surface area contributed by atoms with Crippen molar-refractivity contribution < 1.29 is 9.15 Å². The molecule has 3 rings (SSSR count). The number of methoxy groups -OCH3 is 1. The van der Waals surface area contributed by atoms with Crippen LogP contribution in [0.4, 0.5) is 5.69 Å². The van der Waals surface area contributed by atoms with Crippen LogP contribution in [0.25, 0.3) is 0 Å². The Labute approximate surface area is 133 Å². The molecule has 1 aliphatic rings. The minimum Gasteiger partial charge on any atom is -0.495 e. The number of oxazole rings is 1. The number of rotatable bonds is 5. The van der Waals surface area contributed by atoms with Gasteiger partial charge in [-0.25, -0.2) is 9.98 Å². The van der Waals surface area contributed by atoms with Crippen molar-refractivity contribution in [1.82, 2.24) is 4.98 Å². The van der Waals surface area contributed by atoms with Crippen LogP contribution in [0.5, 0.6) is 5.75 Å². The van der Waals surface area contributed by atoms with E-state index >= 15 is 0 Å². The molecule has 1 fully saturated rings. The lowest BCUT2D eigenvalue weighted by molar-refractivity contribution is 0.415. The maximum absolute atomic E-state index is 6.06. The molecule has 116 valence electrons. The highest BCUT2D eigenvalue weighted by Gasteiger charge is 2.28. The van der Waals surface area contributed by atoms with E-state index in [9.17, 15) is 0 Å². The predicted molar refractivity (Wildman–Crippen MR) is 85.4 cm³/mol. The molecule has 3 N–H and O–H groups in total. The molecular weight excluding hydrogens is 304 g/mol. The zero-order chi connectivity index (χ0) is 15.5. The second-order valence-electron chi connectivity index (χ2n) is 5.11. The van der Waals surface area contributed by atoms with E-state index in [4.69, 9.17) is 26.5 Å². The number of aliphatic imine (C=N–C) groups is 1. The van der Waals surface area contributed by atoms with Crippen LogP contribution in [0.2, 0.25) is 5.02 Å². The summed E-state index contributed by atoms with van der Waals surface area (Å²) in [4.78, 5) is 8.47. The first-order valence-electron chi connectivity index (χ1n) is 7.01. The van der Waals surface area contributed by atoms with Crippen LogP contribution in [0.1, 0.15) is 30.4 Å². The number of hydrogen-bond donors (Lipinski definition) is 2. The monoisotopic (exact) mass is 320 g/mol. The summed E-state index contributed by atoms with van der Waals surface area (Å²) in [6, 6.07) is 5.30. The first-order valence-corrected chi connectivity index (χ1v) is 7.38. The molecule has 1 saturated carbocycles. The van der Waals surface area contributed by atoms with Crippen molar-refractivity contribution in [3.8, 4) is 5.75 Å². The largest absolute Gasteiger partial charge is 0.495 e. The topological polar surface area (TPSA) is 85.7 Å². The van der Waals surface area contributed by atoms with Gasteiger partial charge >= 0.3 is 0 Å². The maximum Gasteiger partial charge on any atom is 0.197 e. The highest BCUT2D eigenvalue weighted by molar-refractivity contribution is 6.32. The molecule has 0 saturated heterocycles. The highest BCUT2D eigenvalue weighted by Crippen LogP contribution is 2.39. The number of anilines is 1. The van der Waals surface area contributed by atoms with Crippen LogP contribution in [0, 0.1) is 0 Å². The molecule has 0 aliphatic heterocycles. The van der Waals surface area contributed by atoms with E-state index in [0.717, 1.165) is 24.4 Å². The second kappa shape index (κ2) is 6.27. The van der Waals surface area contributed by atoms with Crippen molar-refractivity contribution in [2.75, 3.05) is 12.4 Å². The number of benzene rings is 1. The van der Waals surface area contributed by atoms with Gasteiger partial charge in [-0.3, -0.25) is 0 Å². The molecular formula is C15H17ClN4O2. The molecule has 6 nitrogen and oxygen atoms in total. The maximum atomic E-state index is 6.06. The quantitative estimate of drug-likeness (QED) is 0.653. The predicted octanol–water partition coefficient (Wildman–Crippen LogP) is 3.14. The second-order valence-corrected chi connectivity index (χ2v) is 5.52. The van der Waals surface area contributed by atoms with E-state index in [0.29, 0.717) is 29.0 Å². The third-order valence-electron chi connectivity index (χ3n) is 3.33. The van der Waals surface area contributed by atoms with Crippen molar-refractivity contribution in [1.29, 1.82) is 0 Å². The van der Waals surface area contributed by atoms with Gasteiger partial charge in [-0.1, -0.05) is 11.6 Å². The molecule has 0 amide bonds. The number of nitrogens with two attached hydrogens (primary N) is 1. The molecule has 1 aliphatic carbocycles. The molecule has 0 radical (unpaired) electrons. The first-order chi connectivity index (χ1) is 10.7. The van der Waals surface area contributed by atoms with Gasteiger partial charge in [-0.15, -0.1) is 0 Å². The van der Waals surface area contributed by atoms with E-state index < -0.39 is 0 Å². The Morgan fingerprint density at radius 3 is 3.05 bits per heavy atom. The first kappa shape index (κ1) is 14.7. The Morgan fingerprint density at radius 1 is 1.55 bits per heavy atom. The summed E-state index contributed by atoms with van der Waals surface area (Å²) in [6.07, 6.45) is 4.02. The summed E-state index contributed by atoms with van der Waals surface area (Å²) >= 11 is 6.06. The average Bonchev–Trinajstić information content (AvgIpc) is 3.24. The smallest absolute Gasteiger partial charge is 0.197 e. The zero-order valence-electron chi connectivity index (χ0n) is 12.2. The van der Waals surface area contributed by atoms with E-state index in [1.807, 2.05) is 6.07 Å². The molecule has 0 unspecified atom stereocenters. The molecule has 1 aromatic carbocycles. The lowest BCUT2D eigenvalue weighted by Crippen LogP contribution is -2.22. The van der Waals surface area contributed by atoms with Crippen molar-refractivity contribution >= 4 is 23.2 Å². The fraction of sp³-hybridized carbons (Fsp3) is 0.333. The number of ether oxygens (including phenoxy) is 1. The summed E-state index contributed by atoms with van der Waals surface area (Å²) < 4.78 is 10.7. The van der Waals surface area contributed by atoms with Gasteiger partial charge in [0.05, 0.1) is 18.3 Å². The number of nitrogens with zero attached hydrogens (tertiary/aromatic N) is 2. The fourth-order valence-electron chi connectivity index (χ4n) is 2.01.